The standard InChI is InChI=1S/C12H13N3O3/c1-12(13,11(17)18)5-7-2-3-8-9(4-7)15-10(16)6-14-8/h2-4,6H,5,13H2,1H3,(H,15,16)(H,17,18)/t12-/m0/s1. The Kier molecular flexibility index (Phi) is 2.88. The summed E-state index contributed by atoms with van der Waals surface area (Å²) < 4.78 is 0. The molecule has 6 heteroatoms. The number of aromatic hydroxyl groups is 1. The van der Waals surface area contributed by atoms with Crippen molar-refractivity contribution in [2.75, 3.05) is 0 Å². The van der Waals surface area contributed by atoms with E-state index in [1.165, 1.54) is 13.1 Å². The van der Waals surface area contributed by atoms with E-state index >= 15 is 0 Å². The van der Waals surface area contributed by atoms with Crippen molar-refractivity contribution in [3.8, 4) is 5.88 Å². The summed E-state index contributed by atoms with van der Waals surface area (Å²) in [6.07, 6.45) is 1.43. The highest BCUT2D eigenvalue weighted by atomic mass is 16.4. The van der Waals surface area contributed by atoms with Crippen molar-refractivity contribution in [3.05, 3.63) is 30.0 Å². The Morgan fingerprint density at radius 2 is 2.17 bits per heavy atom. The number of carboxylic acids is 1. The number of nitrogens with zero attached hydrogens (tertiary/aromatic N) is 2. The highest BCUT2D eigenvalue weighted by molar-refractivity contribution is 5.79. The zero-order valence-electron chi connectivity index (χ0n) is 9.79. The van der Waals surface area contributed by atoms with Gasteiger partial charge in [0.05, 0.1) is 17.2 Å². The Bertz CT molecular complexity index is 611. The minimum atomic E-state index is -1.34. The Morgan fingerprint density at radius 3 is 2.83 bits per heavy atom. The van der Waals surface area contributed by atoms with Crippen molar-refractivity contribution in [2.24, 2.45) is 5.73 Å². The van der Waals surface area contributed by atoms with Crippen LogP contribution in [0.5, 0.6) is 5.88 Å². The molecule has 1 heterocycles. The fourth-order valence-corrected chi connectivity index (χ4v) is 1.66. The van der Waals surface area contributed by atoms with E-state index in [-0.39, 0.29) is 12.3 Å². The molecule has 1 aromatic heterocycles. The van der Waals surface area contributed by atoms with Gasteiger partial charge >= 0.3 is 5.97 Å². The van der Waals surface area contributed by atoms with Crippen LogP contribution in [-0.4, -0.2) is 31.7 Å². The van der Waals surface area contributed by atoms with Gasteiger partial charge in [0.1, 0.15) is 5.54 Å². The lowest BCUT2D eigenvalue weighted by atomic mass is 9.94. The number of nitrogens with two attached hydrogens (primary N) is 1. The zero-order chi connectivity index (χ0) is 13.3. The van der Waals surface area contributed by atoms with Crippen LogP contribution in [0, 0.1) is 0 Å². The molecule has 0 aliphatic carbocycles. The van der Waals surface area contributed by atoms with Gasteiger partial charge in [-0.1, -0.05) is 6.07 Å². The summed E-state index contributed by atoms with van der Waals surface area (Å²) in [7, 11) is 0. The van der Waals surface area contributed by atoms with E-state index in [0.717, 1.165) is 5.56 Å². The molecule has 1 aromatic carbocycles. The van der Waals surface area contributed by atoms with Gasteiger partial charge in [-0.2, -0.15) is 0 Å². The molecule has 2 rings (SSSR count). The number of hydrogen-bond acceptors (Lipinski definition) is 5. The number of aromatic nitrogens is 2. The molecule has 2 aromatic rings. The van der Waals surface area contributed by atoms with Crippen molar-refractivity contribution < 1.29 is 15.0 Å². The largest absolute Gasteiger partial charge is 0.492 e. The average molecular weight is 247 g/mol. The van der Waals surface area contributed by atoms with E-state index in [4.69, 9.17) is 10.8 Å². The number of rotatable bonds is 3. The Balaban J connectivity index is 2.38. The quantitative estimate of drug-likeness (QED) is 0.735. The van der Waals surface area contributed by atoms with E-state index in [1.54, 1.807) is 18.2 Å². The topological polar surface area (TPSA) is 109 Å². The fourth-order valence-electron chi connectivity index (χ4n) is 1.66. The zero-order valence-corrected chi connectivity index (χ0v) is 9.79. The molecule has 94 valence electrons. The summed E-state index contributed by atoms with van der Waals surface area (Å²) in [5, 5.41) is 18.2. The number of carbonyl (C=O) groups is 1. The summed E-state index contributed by atoms with van der Waals surface area (Å²) in [5.74, 6) is -1.24. The maximum absolute atomic E-state index is 11.0. The number of hydrogen-bond donors (Lipinski definition) is 3. The Hall–Kier alpha value is -2.21. The van der Waals surface area contributed by atoms with Crippen LogP contribution in [0.15, 0.2) is 24.4 Å². The van der Waals surface area contributed by atoms with Crippen LogP contribution in [0.1, 0.15) is 12.5 Å². The molecule has 0 unspecified atom stereocenters. The van der Waals surface area contributed by atoms with Crippen molar-refractivity contribution in [1.82, 2.24) is 9.97 Å². The molecule has 0 spiro atoms. The van der Waals surface area contributed by atoms with Gasteiger partial charge in [0.25, 0.3) is 0 Å². The molecule has 0 radical (unpaired) electrons. The molecule has 6 nitrogen and oxygen atoms in total. The summed E-state index contributed by atoms with van der Waals surface area (Å²) in [4.78, 5) is 18.9. The highest BCUT2D eigenvalue weighted by Crippen LogP contribution is 2.18. The first-order valence-electron chi connectivity index (χ1n) is 5.35. The van der Waals surface area contributed by atoms with E-state index in [0.29, 0.717) is 11.0 Å². The van der Waals surface area contributed by atoms with Gasteiger partial charge in [0, 0.05) is 6.42 Å². The normalized spacial score (nSPS) is 14.3. The maximum Gasteiger partial charge on any atom is 0.323 e. The number of carboxylic acid groups (broad SMARTS) is 1. The molecule has 0 saturated heterocycles. The van der Waals surface area contributed by atoms with Gasteiger partial charge in [-0.05, 0) is 24.6 Å². The minimum Gasteiger partial charge on any atom is -0.492 e. The van der Waals surface area contributed by atoms with Gasteiger partial charge < -0.3 is 15.9 Å². The lowest BCUT2D eigenvalue weighted by Gasteiger charge is -2.19. The number of fused-ring (bicyclic) bond motifs is 1. The van der Waals surface area contributed by atoms with Crippen LogP contribution < -0.4 is 5.73 Å². The van der Waals surface area contributed by atoms with E-state index < -0.39 is 11.5 Å². The minimum absolute atomic E-state index is 0.173. The monoisotopic (exact) mass is 247 g/mol. The van der Waals surface area contributed by atoms with Crippen LogP contribution >= 0.6 is 0 Å². The van der Waals surface area contributed by atoms with E-state index in [9.17, 15) is 9.90 Å². The van der Waals surface area contributed by atoms with Crippen LogP contribution in [0.2, 0.25) is 0 Å². The molecular formula is C12H13N3O3. The van der Waals surface area contributed by atoms with Gasteiger partial charge in [-0.25, -0.2) is 9.97 Å². The second kappa shape index (κ2) is 4.23. The molecule has 0 aliphatic rings. The molecule has 0 bridgehead atoms. The molecule has 18 heavy (non-hydrogen) atoms. The summed E-state index contributed by atoms with van der Waals surface area (Å²) in [6.45, 7) is 1.45. The van der Waals surface area contributed by atoms with Gasteiger partial charge in [-0.15, -0.1) is 0 Å². The first-order valence-corrected chi connectivity index (χ1v) is 5.35. The summed E-state index contributed by atoms with van der Waals surface area (Å²) in [6, 6.07) is 5.15. The van der Waals surface area contributed by atoms with Crippen molar-refractivity contribution in [3.63, 3.8) is 0 Å². The van der Waals surface area contributed by atoms with Gasteiger partial charge in [-0.3, -0.25) is 4.79 Å². The third-order valence-corrected chi connectivity index (χ3v) is 2.65. The van der Waals surface area contributed by atoms with E-state index in [1.807, 2.05) is 0 Å². The van der Waals surface area contributed by atoms with Gasteiger partial charge in [0.15, 0.2) is 0 Å². The van der Waals surface area contributed by atoms with Crippen LogP contribution in [-0.2, 0) is 11.2 Å². The van der Waals surface area contributed by atoms with Crippen molar-refractivity contribution in [1.29, 1.82) is 0 Å². The van der Waals surface area contributed by atoms with E-state index in [2.05, 4.69) is 9.97 Å². The first-order chi connectivity index (χ1) is 8.38. The smallest absolute Gasteiger partial charge is 0.323 e. The second-order valence-corrected chi connectivity index (χ2v) is 4.45. The van der Waals surface area contributed by atoms with Crippen molar-refractivity contribution in [2.45, 2.75) is 18.9 Å². The molecule has 4 N–H and O–H groups in total. The third kappa shape index (κ3) is 2.38. The fraction of sp³-hybridized carbons (Fsp3) is 0.250. The maximum atomic E-state index is 11.0. The van der Waals surface area contributed by atoms with Crippen LogP contribution in [0.25, 0.3) is 11.0 Å². The lowest BCUT2D eigenvalue weighted by Crippen LogP contribution is -2.46. The predicted molar refractivity (Wildman–Crippen MR) is 65.1 cm³/mol. The molecule has 0 aliphatic heterocycles. The molecule has 1 atom stereocenters. The van der Waals surface area contributed by atoms with Crippen LogP contribution in [0.3, 0.4) is 0 Å². The predicted octanol–water partition coefficient (Wildman–Crippen LogP) is 0.680. The summed E-state index contributed by atoms with van der Waals surface area (Å²) >= 11 is 0. The van der Waals surface area contributed by atoms with Gasteiger partial charge in [0.2, 0.25) is 5.88 Å². The first kappa shape index (κ1) is 12.3. The second-order valence-electron chi connectivity index (χ2n) is 4.45. The molecule has 0 saturated carbocycles. The third-order valence-electron chi connectivity index (χ3n) is 2.65. The van der Waals surface area contributed by atoms with Crippen molar-refractivity contribution >= 4 is 17.0 Å². The SMILES string of the molecule is C[C@](N)(Cc1ccc2ncc(O)nc2c1)C(=O)O. The average Bonchev–Trinajstić information content (AvgIpc) is 2.27. The molecule has 0 amide bonds. The Morgan fingerprint density at radius 1 is 1.44 bits per heavy atom. The number of aliphatic carboxylic acids is 1. The number of benzene rings is 1. The summed E-state index contributed by atoms with van der Waals surface area (Å²) in [5.41, 5.74) is 6.21. The lowest BCUT2D eigenvalue weighted by molar-refractivity contribution is -0.142. The molecule has 0 fully saturated rings. The Labute approximate surface area is 103 Å². The van der Waals surface area contributed by atoms with Crippen LogP contribution in [0.4, 0.5) is 0 Å². The highest BCUT2D eigenvalue weighted by Gasteiger charge is 2.28. The molecular weight excluding hydrogens is 234 g/mol.